The SMILES string of the molecule is CCC=CCC=CCC=CCC=CCC=CCC=CCC(=O)NCCSCC(=O)OCC[N+](C)(C)C. The van der Waals surface area contributed by atoms with Crippen molar-refractivity contribution in [1.29, 1.82) is 0 Å². The molecule has 0 saturated carbocycles. The van der Waals surface area contributed by atoms with Gasteiger partial charge in [0.15, 0.2) is 0 Å². The fourth-order valence-corrected chi connectivity index (χ4v) is 3.32. The molecule has 0 bridgehead atoms. The van der Waals surface area contributed by atoms with Crippen LogP contribution in [0.1, 0.15) is 51.9 Å². The van der Waals surface area contributed by atoms with Gasteiger partial charge in [-0.3, -0.25) is 9.59 Å². The molecule has 1 amide bonds. The van der Waals surface area contributed by atoms with Crippen molar-refractivity contribution >= 4 is 23.6 Å². The van der Waals surface area contributed by atoms with Gasteiger partial charge in [0.2, 0.25) is 5.91 Å². The molecule has 0 heterocycles. The molecule has 202 valence electrons. The van der Waals surface area contributed by atoms with Gasteiger partial charge in [-0.1, -0.05) is 79.8 Å². The molecule has 0 radical (unpaired) electrons. The Balaban J connectivity index is 3.62. The Morgan fingerprint density at radius 1 is 0.750 bits per heavy atom. The van der Waals surface area contributed by atoms with E-state index >= 15 is 0 Å². The number of allylic oxidation sites excluding steroid dienone is 11. The van der Waals surface area contributed by atoms with Gasteiger partial charge < -0.3 is 14.5 Å². The molecule has 5 nitrogen and oxygen atoms in total. The first-order chi connectivity index (χ1) is 17.3. The summed E-state index contributed by atoms with van der Waals surface area (Å²) in [6.07, 6.45) is 31.9. The van der Waals surface area contributed by atoms with E-state index in [4.69, 9.17) is 4.74 Å². The zero-order chi connectivity index (χ0) is 26.7. The summed E-state index contributed by atoms with van der Waals surface area (Å²) in [5, 5.41) is 2.87. The van der Waals surface area contributed by atoms with Gasteiger partial charge in [0.05, 0.1) is 26.9 Å². The van der Waals surface area contributed by atoms with Crippen LogP contribution in [0.5, 0.6) is 0 Å². The molecule has 36 heavy (non-hydrogen) atoms. The van der Waals surface area contributed by atoms with Gasteiger partial charge in [0.1, 0.15) is 13.2 Å². The van der Waals surface area contributed by atoms with E-state index in [1.54, 1.807) is 0 Å². The average molecular weight is 518 g/mol. The highest BCUT2D eigenvalue weighted by Crippen LogP contribution is 2.01. The first kappa shape index (κ1) is 33.7. The molecule has 0 rings (SSSR count). The van der Waals surface area contributed by atoms with E-state index in [2.05, 4.69) is 94.1 Å². The Labute approximate surface area is 224 Å². The lowest BCUT2D eigenvalue weighted by Gasteiger charge is -2.23. The molecule has 0 aromatic rings. The Hall–Kier alpha value is -2.31. The van der Waals surface area contributed by atoms with Crippen LogP contribution in [-0.2, 0) is 14.3 Å². The first-order valence-corrected chi connectivity index (χ1v) is 14.2. The van der Waals surface area contributed by atoms with Crippen molar-refractivity contribution in [3.05, 3.63) is 72.9 Å². The Bertz CT molecular complexity index is 744. The summed E-state index contributed by atoms with van der Waals surface area (Å²) in [5.74, 6) is 0.819. The van der Waals surface area contributed by atoms with E-state index in [1.807, 2.05) is 12.2 Å². The molecule has 0 fully saturated rings. The summed E-state index contributed by atoms with van der Waals surface area (Å²) < 4.78 is 5.97. The number of hydrogen-bond acceptors (Lipinski definition) is 4. The van der Waals surface area contributed by atoms with E-state index in [0.717, 1.165) is 49.6 Å². The van der Waals surface area contributed by atoms with Gasteiger partial charge in [-0.05, 0) is 38.5 Å². The van der Waals surface area contributed by atoms with E-state index in [-0.39, 0.29) is 11.9 Å². The maximum absolute atomic E-state index is 11.8. The van der Waals surface area contributed by atoms with E-state index in [0.29, 0.717) is 31.1 Å². The van der Waals surface area contributed by atoms with Crippen molar-refractivity contribution in [1.82, 2.24) is 5.32 Å². The van der Waals surface area contributed by atoms with Crippen molar-refractivity contribution in [2.45, 2.75) is 51.9 Å². The molecule has 0 aliphatic rings. The van der Waals surface area contributed by atoms with E-state index in [9.17, 15) is 9.59 Å². The molecule has 0 unspecified atom stereocenters. The van der Waals surface area contributed by atoms with Crippen LogP contribution in [0.25, 0.3) is 0 Å². The summed E-state index contributed by atoms with van der Waals surface area (Å²) in [4.78, 5) is 23.5. The van der Waals surface area contributed by atoms with Crippen LogP contribution in [0.4, 0.5) is 0 Å². The number of quaternary nitrogens is 1. The number of nitrogens with one attached hydrogen (secondary N) is 1. The lowest BCUT2D eigenvalue weighted by molar-refractivity contribution is -0.870. The lowest BCUT2D eigenvalue weighted by Crippen LogP contribution is -2.38. The molecule has 0 atom stereocenters. The van der Waals surface area contributed by atoms with Crippen LogP contribution >= 0.6 is 11.8 Å². The highest BCUT2D eigenvalue weighted by molar-refractivity contribution is 7.99. The van der Waals surface area contributed by atoms with Crippen molar-refractivity contribution in [2.24, 2.45) is 0 Å². The van der Waals surface area contributed by atoms with Crippen LogP contribution < -0.4 is 5.32 Å². The van der Waals surface area contributed by atoms with Crippen molar-refractivity contribution < 1.29 is 18.8 Å². The minimum absolute atomic E-state index is 0.00108. The molecule has 0 saturated heterocycles. The van der Waals surface area contributed by atoms with Gasteiger partial charge >= 0.3 is 5.97 Å². The molecule has 0 spiro atoms. The molecule has 0 aromatic carbocycles. The van der Waals surface area contributed by atoms with E-state index in [1.165, 1.54) is 11.8 Å². The highest BCUT2D eigenvalue weighted by atomic mass is 32.2. The number of carbonyl (C=O) groups excluding carboxylic acids is 2. The molecule has 6 heteroatoms. The van der Waals surface area contributed by atoms with Crippen LogP contribution in [0.2, 0.25) is 0 Å². The van der Waals surface area contributed by atoms with E-state index < -0.39 is 0 Å². The number of nitrogens with zero attached hydrogens (tertiary/aromatic N) is 1. The number of likely N-dealkylation sites (N-methyl/N-ethyl adjacent to an activating group) is 1. The summed E-state index contributed by atoms with van der Waals surface area (Å²) in [5.41, 5.74) is 0. The maximum Gasteiger partial charge on any atom is 0.316 e. The number of thioether (sulfide) groups is 1. The highest BCUT2D eigenvalue weighted by Gasteiger charge is 2.09. The summed E-state index contributed by atoms with van der Waals surface area (Å²) in [6, 6.07) is 0. The van der Waals surface area contributed by atoms with Gasteiger partial charge in [0, 0.05) is 18.7 Å². The monoisotopic (exact) mass is 517 g/mol. The molecular formula is C30H49N2O3S+. The molecule has 0 aromatic heterocycles. The predicted molar refractivity (Wildman–Crippen MR) is 157 cm³/mol. The zero-order valence-electron chi connectivity index (χ0n) is 23.0. The standard InChI is InChI=1S/C30H48N2O3S/c1-5-6-7-8-9-10-11-12-13-14-15-16-17-18-19-20-21-22-23-29(33)31-24-27-36-28-30(34)35-26-25-32(2,3)4/h6-7,9-10,12-13,15-16,18-19,21-22H,5,8,11,14,17,20,23-28H2,1-4H3/p+1. The first-order valence-electron chi connectivity index (χ1n) is 13.1. The zero-order valence-corrected chi connectivity index (χ0v) is 23.8. The van der Waals surface area contributed by atoms with Crippen LogP contribution in [0, 0.1) is 0 Å². The lowest BCUT2D eigenvalue weighted by atomic mass is 10.2. The topological polar surface area (TPSA) is 55.4 Å². The van der Waals surface area contributed by atoms with Crippen molar-refractivity contribution in [3.63, 3.8) is 0 Å². The number of hydrogen-bond donors (Lipinski definition) is 1. The number of ether oxygens (including phenoxy) is 1. The quantitative estimate of drug-likeness (QED) is 0.0856. The number of carbonyl (C=O) groups is 2. The van der Waals surface area contributed by atoms with Gasteiger partial charge in [-0.25, -0.2) is 0 Å². The Kier molecular flexibility index (Phi) is 22.8. The molecular weight excluding hydrogens is 468 g/mol. The molecule has 1 N–H and O–H groups in total. The van der Waals surface area contributed by atoms with Crippen LogP contribution in [-0.4, -0.2) is 68.7 Å². The fourth-order valence-electron chi connectivity index (χ4n) is 2.68. The Morgan fingerprint density at radius 2 is 1.22 bits per heavy atom. The third kappa shape index (κ3) is 27.9. The summed E-state index contributed by atoms with van der Waals surface area (Å²) in [6.45, 7) is 3.93. The number of esters is 1. The second-order valence-corrected chi connectivity index (χ2v) is 10.4. The molecule has 0 aliphatic heterocycles. The maximum atomic E-state index is 11.8. The number of amides is 1. The minimum Gasteiger partial charge on any atom is -0.459 e. The Morgan fingerprint density at radius 3 is 1.69 bits per heavy atom. The van der Waals surface area contributed by atoms with Gasteiger partial charge in [-0.15, -0.1) is 11.8 Å². The minimum atomic E-state index is -0.197. The third-order valence-corrected chi connectivity index (χ3v) is 5.65. The normalized spacial score (nSPS) is 12.9. The smallest absolute Gasteiger partial charge is 0.316 e. The van der Waals surface area contributed by atoms with Crippen LogP contribution in [0.3, 0.4) is 0 Å². The fraction of sp³-hybridized carbons (Fsp3) is 0.533. The molecule has 0 aliphatic carbocycles. The largest absolute Gasteiger partial charge is 0.459 e. The second-order valence-electron chi connectivity index (χ2n) is 9.26. The van der Waals surface area contributed by atoms with Crippen molar-refractivity contribution in [2.75, 3.05) is 52.3 Å². The van der Waals surface area contributed by atoms with Crippen LogP contribution in [0.15, 0.2) is 72.9 Å². The second kappa shape index (κ2) is 24.4. The predicted octanol–water partition coefficient (Wildman–Crippen LogP) is 6.17. The van der Waals surface area contributed by atoms with Gasteiger partial charge in [0.25, 0.3) is 0 Å². The third-order valence-electron chi connectivity index (χ3n) is 4.71. The number of rotatable bonds is 21. The average Bonchev–Trinajstić information content (AvgIpc) is 2.82. The summed E-state index contributed by atoms with van der Waals surface area (Å²) in [7, 11) is 6.18. The summed E-state index contributed by atoms with van der Waals surface area (Å²) >= 11 is 1.48. The van der Waals surface area contributed by atoms with Crippen molar-refractivity contribution in [3.8, 4) is 0 Å². The van der Waals surface area contributed by atoms with Gasteiger partial charge in [-0.2, -0.15) is 0 Å².